The van der Waals surface area contributed by atoms with E-state index in [0.717, 1.165) is 21.8 Å². The molecule has 0 radical (unpaired) electrons. The quantitative estimate of drug-likeness (QED) is 0.728. The predicted octanol–water partition coefficient (Wildman–Crippen LogP) is 3.65. The van der Waals surface area contributed by atoms with Crippen LogP contribution < -0.4 is 10.1 Å². The largest absolute Gasteiger partial charge is 0.491 e. The highest BCUT2D eigenvalue weighted by molar-refractivity contribution is 6.21. The first-order valence-electron chi connectivity index (χ1n) is 9.79. The molecule has 1 N–H and O–H groups in total. The Balaban J connectivity index is 1.58. The molecule has 1 heterocycles. The van der Waals surface area contributed by atoms with Gasteiger partial charge >= 0.3 is 0 Å². The monoisotopic (exact) mass is 394 g/mol. The molecule has 6 heteroatoms. The highest BCUT2D eigenvalue weighted by atomic mass is 16.5. The van der Waals surface area contributed by atoms with Crippen molar-refractivity contribution in [1.82, 2.24) is 10.2 Å². The third-order valence-electron chi connectivity index (χ3n) is 4.80. The summed E-state index contributed by atoms with van der Waals surface area (Å²) in [6, 6.07) is 12.5. The lowest BCUT2D eigenvalue weighted by atomic mass is 10.1. The first-order chi connectivity index (χ1) is 13.8. The average molecular weight is 394 g/mol. The summed E-state index contributed by atoms with van der Waals surface area (Å²) in [4.78, 5) is 38.5. The molecular formula is C23H26N2O4. The number of benzene rings is 2. The molecule has 1 atom stereocenters. The van der Waals surface area contributed by atoms with Crippen LogP contribution in [0.3, 0.4) is 0 Å². The SMILES string of the molecule is Cc1ccc2c(c1)C(=O)N(CCC(=O)N[C@@H](C)c1cccc(OC(C)C)c1)C2=O. The number of nitrogens with zero attached hydrogens (tertiary/aromatic N) is 1. The molecule has 1 aliphatic heterocycles. The molecule has 2 aromatic carbocycles. The van der Waals surface area contributed by atoms with E-state index in [1.54, 1.807) is 18.2 Å². The van der Waals surface area contributed by atoms with E-state index in [0.29, 0.717) is 11.1 Å². The molecule has 0 fully saturated rings. The van der Waals surface area contributed by atoms with Crippen LogP contribution in [0.4, 0.5) is 0 Å². The van der Waals surface area contributed by atoms with E-state index in [2.05, 4.69) is 5.32 Å². The maximum atomic E-state index is 12.5. The predicted molar refractivity (Wildman–Crippen MR) is 110 cm³/mol. The van der Waals surface area contributed by atoms with Gasteiger partial charge in [-0.25, -0.2) is 0 Å². The van der Waals surface area contributed by atoms with Gasteiger partial charge in [0, 0.05) is 13.0 Å². The summed E-state index contributed by atoms with van der Waals surface area (Å²) in [5.74, 6) is -0.155. The molecule has 3 amide bonds. The minimum Gasteiger partial charge on any atom is -0.491 e. The van der Waals surface area contributed by atoms with Crippen LogP contribution in [0.2, 0.25) is 0 Å². The first-order valence-corrected chi connectivity index (χ1v) is 9.79. The third kappa shape index (κ3) is 4.65. The van der Waals surface area contributed by atoms with Gasteiger partial charge in [0.1, 0.15) is 5.75 Å². The fraction of sp³-hybridized carbons (Fsp3) is 0.348. The summed E-state index contributed by atoms with van der Waals surface area (Å²) < 4.78 is 5.69. The van der Waals surface area contributed by atoms with Gasteiger partial charge in [-0.1, -0.05) is 23.8 Å². The molecule has 2 aromatic rings. The second-order valence-electron chi connectivity index (χ2n) is 7.59. The molecule has 0 aromatic heterocycles. The van der Waals surface area contributed by atoms with Gasteiger partial charge in [0.25, 0.3) is 11.8 Å². The Labute approximate surface area is 170 Å². The lowest BCUT2D eigenvalue weighted by Crippen LogP contribution is -2.35. The number of rotatable bonds is 7. The smallest absolute Gasteiger partial charge is 0.261 e. The van der Waals surface area contributed by atoms with Gasteiger partial charge in [-0.2, -0.15) is 0 Å². The lowest BCUT2D eigenvalue weighted by molar-refractivity contribution is -0.121. The Morgan fingerprint density at radius 2 is 1.76 bits per heavy atom. The number of nitrogens with one attached hydrogen (secondary N) is 1. The summed E-state index contributed by atoms with van der Waals surface area (Å²) in [6.45, 7) is 7.73. The fourth-order valence-electron chi connectivity index (χ4n) is 3.35. The number of fused-ring (bicyclic) bond motifs is 1. The van der Waals surface area contributed by atoms with Crippen LogP contribution in [-0.4, -0.2) is 35.3 Å². The van der Waals surface area contributed by atoms with E-state index >= 15 is 0 Å². The molecule has 0 saturated carbocycles. The maximum Gasteiger partial charge on any atom is 0.261 e. The van der Waals surface area contributed by atoms with Crippen molar-refractivity contribution in [2.24, 2.45) is 0 Å². The van der Waals surface area contributed by atoms with Crippen LogP contribution in [0, 0.1) is 6.92 Å². The number of hydrogen-bond acceptors (Lipinski definition) is 4. The Kier molecular flexibility index (Phi) is 6.01. The minimum absolute atomic E-state index is 0.0526. The molecule has 152 valence electrons. The molecular weight excluding hydrogens is 368 g/mol. The standard InChI is InChI=1S/C23H26N2O4/c1-14(2)29-18-7-5-6-17(13-18)16(4)24-21(26)10-11-25-22(27)19-9-8-15(3)12-20(19)23(25)28/h5-9,12-14,16H,10-11H2,1-4H3,(H,24,26)/t16-/m0/s1. The van der Waals surface area contributed by atoms with Crippen molar-refractivity contribution in [2.75, 3.05) is 6.54 Å². The number of ether oxygens (including phenoxy) is 1. The zero-order chi connectivity index (χ0) is 21.1. The topological polar surface area (TPSA) is 75.7 Å². The number of hydrogen-bond donors (Lipinski definition) is 1. The lowest BCUT2D eigenvalue weighted by Gasteiger charge is -2.18. The average Bonchev–Trinajstić information content (AvgIpc) is 2.89. The molecule has 1 aliphatic rings. The van der Waals surface area contributed by atoms with E-state index in [4.69, 9.17) is 4.74 Å². The normalized spacial score (nSPS) is 14.2. The van der Waals surface area contributed by atoms with Gasteiger partial charge in [0.2, 0.25) is 5.91 Å². The molecule has 0 aliphatic carbocycles. The number of aryl methyl sites for hydroxylation is 1. The van der Waals surface area contributed by atoms with Gasteiger partial charge in [-0.15, -0.1) is 0 Å². The van der Waals surface area contributed by atoms with Gasteiger partial charge in [0.15, 0.2) is 0 Å². The van der Waals surface area contributed by atoms with Gasteiger partial charge in [-0.3, -0.25) is 19.3 Å². The summed E-state index contributed by atoms with van der Waals surface area (Å²) in [6.07, 6.45) is 0.121. The van der Waals surface area contributed by atoms with Crippen LogP contribution >= 0.6 is 0 Å². The number of imide groups is 1. The van der Waals surface area contributed by atoms with Crippen molar-refractivity contribution in [1.29, 1.82) is 0 Å². The Hall–Kier alpha value is -3.15. The number of carbonyl (C=O) groups is 3. The van der Waals surface area contributed by atoms with E-state index in [9.17, 15) is 14.4 Å². The zero-order valence-corrected chi connectivity index (χ0v) is 17.2. The molecule has 3 rings (SSSR count). The second-order valence-corrected chi connectivity index (χ2v) is 7.59. The molecule has 29 heavy (non-hydrogen) atoms. The van der Waals surface area contributed by atoms with Crippen molar-refractivity contribution < 1.29 is 19.1 Å². The highest BCUT2D eigenvalue weighted by Gasteiger charge is 2.35. The van der Waals surface area contributed by atoms with E-state index in [-0.39, 0.29) is 42.8 Å². The molecule has 6 nitrogen and oxygen atoms in total. The Morgan fingerprint density at radius 1 is 1.03 bits per heavy atom. The van der Waals surface area contributed by atoms with E-state index < -0.39 is 0 Å². The fourth-order valence-corrected chi connectivity index (χ4v) is 3.35. The van der Waals surface area contributed by atoms with Crippen LogP contribution in [0.5, 0.6) is 5.75 Å². The molecule has 0 saturated heterocycles. The van der Waals surface area contributed by atoms with E-state index in [1.807, 2.05) is 52.0 Å². The molecule has 0 unspecified atom stereocenters. The Morgan fingerprint density at radius 3 is 2.48 bits per heavy atom. The first kappa shape index (κ1) is 20.6. The highest BCUT2D eigenvalue weighted by Crippen LogP contribution is 2.24. The van der Waals surface area contributed by atoms with Crippen LogP contribution in [0.1, 0.15) is 65.1 Å². The van der Waals surface area contributed by atoms with E-state index in [1.165, 1.54) is 0 Å². The minimum atomic E-state index is -0.343. The van der Waals surface area contributed by atoms with Crippen molar-refractivity contribution >= 4 is 17.7 Å². The third-order valence-corrected chi connectivity index (χ3v) is 4.80. The van der Waals surface area contributed by atoms with Crippen molar-refractivity contribution in [3.63, 3.8) is 0 Å². The van der Waals surface area contributed by atoms with Crippen molar-refractivity contribution in [3.05, 3.63) is 64.7 Å². The zero-order valence-electron chi connectivity index (χ0n) is 17.2. The van der Waals surface area contributed by atoms with Crippen molar-refractivity contribution in [2.45, 2.75) is 46.3 Å². The van der Waals surface area contributed by atoms with Gasteiger partial charge in [-0.05, 0) is 57.5 Å². The summed E-state index contributed by atoms with van der Waals surface area (Å²) in [5, 5.41) is 2.92. The maximum absolute atomic E-state index is 12.5. The van der Waals surface area contributed by atoms with Gasteiger partial charge in [0.05, 0.1) is 23.3 Å². The Bertz CT molecular complexity index is 952. The summed E-state index contributed by atoms with van der Waals surface area (Å²) >= 11 is 0. The second kappa shape index (κ2) is 8.47. The summed E-state index contributed by atoms with van der Waals surface area (Å²) in [7, 11) is 0. The van der Waals surface area contributed by atoms with Gasteiger partial charge < -0.3 is 10.1 Å². The number of amides is 3. The summed E-state index contributed by atoms with van der Waals surface area (Å²) in [5.41, 5.74) is 2.65. The van der Waals surface area contributed by atoms with Crippen LogP contribution in [-0.2, 0) is 4.79 Å². The van der Waals surface area contributed by atoms with Crippen LogP contribution in [0.15, 0.2) is 42.5 Å². The van der Waals surface area contributed by atoms with Crippen LogP contribution in [0.25, 0.3) is 0 Å². The number of carbonyl (C=O) groups excluding carboxylic acids is 3. The molecule has 0 spiro atoms. The molecule has 0 bridgehead atoms. The van der Waals surface area contributed by atoms with Crippen molar-refractivity contribution in [3.8, 4) is 5.75 Å².